The van der Waals surface area contributed by atoms with E-state index in [4.69, 9.17) is 0 Å². The minimum atomic E-state index is -0.750. The molecule has 0 N–H and O–H groups in total. The molecule has 1 unspecified atom stereocenters. The Balaban J connectivity index is 1.53. The smallest absolute Gasteiger partial charge is 0.255 e. The predicted octanol–water partition coefficient (Wildman–Crippen LogP) is 2.61. The Morgan fingerprint density at radius 1 is 0.914 bits per heavy atom. The van der Waals surface area contributed by atoms with Crippen molar-refractivity contribution in [2.45, 2.75) is 38.3 Å². The van der Waals surface area contributed by atoms with Crippen LogP contribution >= 0.6 is 0 Å². The maximum absolute atomic E-state index is 14.2. The number of carbonyl (C=O) groups is 3. The first-order valence-corrected chi connectivity index (χ1v) is 12.5. The van der Waals surface area contributed by atoms with Gasteiger partial charge in [0.2, 0.25) is 5.91 Å². The summed E-state index contributed by atoms with van der Waals surface area (Å²) in [5.74, 6) is -0.549. The van der Waals surface area contributed by atoms with Crippen LogP contribution in [0.4, 0.5) is 0 Å². The highest BCUT2D eigenvalue weighted by molar-refractivity contribution is 6.03. The van der Waals surface area contributed by atoms with Gasteiger partial charge in [-0.3, -0.25) is 14.4 Å². The van der Waals surface area contributed by atoms with Crippen molar-refractivity contribution in [2.75, 3.05) is 46.3 Å². The molecule has 1 atom stereocenters. The summed E-state index contributed by atoms with van der Waals surface area (Å²) in [5, 5.41) is 0. The van der Waals surface area contributed by atoms with Crippen LogP contribution in [0.1, 0.15) is 51.6 Å². The largest absolute Gasteiger partial charge is 0.340 e. The minimum Gasteiger partial charge on any atom is -0.340 e. The first-order chi connectivity index (χ1) is 16.7. The van der Waals surface area contributed by atoms with Gasteiger partial charge in [0.15, 0.2) is 0 Å². The number of nitrogens with zero attached hydrogens (tertiary/aromatic N) is 4. The fourth-order valence-electron chi connectivity index (χ4n) is 6.00. The number of aryl methyl sites for hydroxylation is 1. The molecule has 184 valence electrons. The van der Waals surface area contributed by atoms with E-state index in [-0.39, 0.29) is 23.8 Å². The molecule has 7 nitrogen and oxygen atoms in total. The normalized spacial score (nSPS) is 21.8. The van der Waals surface area contributed by atoms with Gasteiger partial charge in [0.1, 0.15) is 0 Å². The Morgan fingerprint density at radius 2 is 1.54 bits per heavy atom. The molecule has 0 aliphatic carbocycles. The van der Waals surface area contributed by atoms with Crippen molar-refractivity contribution in [3.8, 4) is 0 Å². The molecule has 2 saturated heterocycles. The van der Waals surface area contributed by atoms with Gasteiger partial charge in [-0.1, -0.05) is 35.9 Å². The van der Waals surface area contributed by atoms with E-state index in [9.17, 15) is 14.4 Å². The number of benzene rings is 2. The van der Waals surface area contributed by atoms with Crippen LogP contribution in [0.15, 0.2) is 48.5 Å². The summed E-state index contributed by atoms with van der Waals surface area (Å²) in [7, 11) is 2.07. The number of rotatable bonds is 3. The van der Waals surface area contributed by atoms with Gasteiger partial charge in [0, 0.05) is 56.4 Å². The minimum absolute atomic E-state index is 0.0551. The second kappa shape index (κ2) is 8.79. The molecule has 3 aliphatic heterocycles. The Morgan fingerprint density at radius 3 is 2.17 bits per heavy atom. The number of likely N-dealkylation sites (tertiary alicyclic amines) is 1. The van der Waals surface area contributed by atoms with Crippen molar-refractivity contribution < 1.29 is 14.4 Å². The summed E-state index contributed by atoms with van der Waals surface area (Å²) in [6, 6.07) is 15.0. The number of piperazine rings is 1. The summed E-state index contributed by atoms with van der Waals surface area (Å²) in [6.45, 7) is 9.69. The number of carbonyl (C=O) groups excluding carboxylic acids is 3. The highest BCUT2D eigenvalue weighted by Gasteiger charge is 2.62. The second-order valence-corrected chi connectivity index (χ2v) is 10.5. The third-order valence-corrected chi connectivity index (χ3v) is 7.83. The zero-order valence-corrected chi connectivity index (χ0v) is 21.0. The Labute approximate surface area is 207 Å². The topological polar surface area (TPSA) is 64.2 Å². The molecule has 7 heteroatoms. The number of amides is 3. The van der Waals surface area contributed by atoms with Gasteiger partial charge >= 0.3 is 0 Å². The molecule has 3 aliphatic rings. The van der Waals surface area contributed by atoms with E-state index in [2.05, 4.69) is 11.9 Å². The van der Waals surface area contributed by atoms with Crippen LogP contribution in [-0.2, 0) is 4.79 Å². The second-order valence-electron chi connectivity index (χ2n) is 10.5. The van der Waals surface area contributed by atoms with Crippen LogP contribution < -0.4 is 0 Å². The zero-order chi connectivity index (χ0) is 24.9. The lowest BCUT2D eigenvalue weighted by atomic mass is 9.67. The summed E-state index contributed by atoms with van der Waals surface area (Å²) in [4.78, 5) is 49.0. The van der Waals surface area contributed by atoms with Gasteiger partial charge in [-0.15, -0.1) is 0 Å². The molecule has 1 spiro atoms. The molecule has 2 aromatic carbocycles. The molecule has 2 aromatic rings. The predicted molar refractivity (Wildman–Crippen MR) is 134 cm³/mol. The Bertz CT molecular complexity index is 1150. The zero-order valence-electron chi connectivity index (χ0n) is 21.0. The van der Waals surface area contributed by atoms with Crippen LogP contribution in [0.25, 0.3) is 0 Å². The lowest BCUT2D eigenvalue weighted by Crippen LogP contribution is -2.78. The van der Waals surface area contributed by atoms with Crippen LogP contribution in [0.5, 0.6) is 0 Å². The summed E-state index contributed by atoms with van der Waals surface area (Å²) < 4.78 is 0. The van der Waals surface area contributed by atoms with E-state index in [0.717, 1.165) is 24.2 Å². The molecule has 3 heterocycles. The van der Waals surface area contributed by atoms with Crippen molar-refractivity contribution in [1.29, 1.82) is 0 Å². The van der Waals surface area contributed by atoms with Crippen molar-refractivity contribution in [1.82, 2.24) is 19.6 Å². The van der Waals surface area contributed by atoms with E-state index in [1.807, 2.05) is 79.1 Å². The van der Waals surface area contributed by atoms with E-state index >= 15 is 0 Å². The molecular formula is C28H34N4O3. The van der Waals surface area contributed by atoms with Crippen LogP contribution in [0.2, 0.25) is 0 Å². The highest BCUT2D eigenvalue weighted by atomic mass is 16.2. The maximum Gasteiger partial charge on any atom is 0.255 e. The van der Waals surface area contributed by atoms with Gasteiger partial charge in [-0.25, -0.2) is 0 Å². The Kier molecular flexibility index (Phi) is 5.91. The average Bonchev–Trinajstić information content (AvgIpc) is 2.82. The van der Waals surface area contributed by atoms with Gasteiger partial charge in [0.05, 0.1) is 11.5 Å². The number of hydrogen-bond donors (Lipinski definition) is 0. The lowest BCUT2D eigenvalue weighted by Gasteiger charge is -2.62. The van der Waals surface area contributed by atoms with Crippen LogP contribution in [0, 0.1) is 6.92 Å². The third kappa shape index (κ3) is 3.82. The molecule has 0 saturated carbocycles. The fourth-order valence-corrected chi connectivity index (χ4v) is 6.00. The van der Waals surface area contributed by atoms with E-state index < -0.39 is 11.5 Å². The van der Waals surface area contributed by atoms with Crippen molar-refractivity contribution in [3.63, 3.8) is 0 Å². The lowest BCUT2D eigenvalue weighted by molar-refractivity contribution is -0.144. The molecule has 2 fully saturated rings. The molecular weight excluding hydrogens is 440 g/mol. The molecule has 0 bridgehead atoms. The molecule has 5 rings (SSSR count). The fraction of sp³-hybridized carbons (Fsp3) is 0.464. The molecule has 0 radical (unpaired) electrons. The number of hydrogen-bond acceptors (Lipinski definition) is 4. The monoisotopic (exact) mass is 474 g/mol. The van der Waals surface area contributed by atoms with Gasteiger partial charge in [-0.05, 0) is 51.6 Å². The van der Waals surface area contributed by atoms with Crippen LogP contribution in [-0.4, -0.2) is 95.2 Å². The van der Waals surface area contributed by atoms with Crippen molar-refractivity contribution >= 4 is 17.7 Å². The quantitative estimate of drug-likeness (QED) is 0.686. The summed E-state index contributed by atoms with van der Waals surface area (Å²) in [6.07, 6.45) is 0. The molecule has 0 aromatic heterocycles. The first-order valence-electron chi connectivity index (χ1n) is 12.5. The van der Waals surface area contributed by atoms with Gasteiger partial charge in [0.25, 0.3) is 11.8 Å². The maximum atomic E-state index is 14.2. The third-order valence-electron chi connectivity index (χ3n) is 7.83. The number of likely N-dealkylation sites (N-methyl/N-ethyl adjacent to an activating group) is 1. The molecule has 35 heavy (non-hydrogen) atoms. The van der Waals surface area contributed by atoms with E-state index in [1.54, 1.807) is 4.90 Å². The van der Waals surface area contributed by atoms with Crippen molar-refractivity contribution in [2.24, 2.45) is 0 Å². The van der Waals surface area contributed by atoms with Crippen molar-refractivity contribution in [3.05, 3.63) is 70.8 Å². The summed E-state index contributed by atoms with van der Waals surface area (Å²) in [5.41, 5.74) is 2.37. The van der Waals surface area contributed by atoms with Gasteiger partial charge < -0.3 is 19.6 Å². The summed E-state index contributed by atoms with van der Waals surface area (Å²) >= 11 is 0. The molecule has 3 amide bonds. The van der Waals surface area contributed by atoms with E-state index in [1.165, 1.54) is 0 Å². The Hall–Kier alpha value is -3.19. The van der Waals surface area contributed by atoms with Gasteiger partial charge in [-0.2, -0.15) is 0 Å². The average molecular weight is 475 g/mol. The first kappa shape index (κ1) is 23.5. The van der Waals surface area contributed by atoms with Crippen LogP contribution in [0.3, 0.4) is 0 Å². The highest BCUT2D eigenvalue weighted by Crippen LogP contribution is 2.48. The SMILES string of the molecule is Cc1ccc(C(=O)N2CC3(C2)C(C(=O)N2CCN(C)CC2)c2ccccc2C(=O)N3C(C)C)cc1. The standard InChI is InChI=1S/C28H34N4O3/c1-19(2)32-26(34)23-8-6-5-7-22(23)24(27(35)30-15-13-29(4)14-16-30)28(32)17-31(18-28)25(33)21-11-9-20(3)10-12-21/h5-12,19,24H,13-18H2,1-4H3. The van der Waals surface area contributed by atoms with E-state index in [0.29, 0.717) is 37.3 Å². The number of fused-ring (bicyclic) bond motifs is 1.